The van der Waals surface area contributed by atoms with E-state index in [2.05, 4.69) is 36.4 Å². The molecule has 0 radical (unpaired) electrons. The maximum Gasteiger partial charge on any atom is 0.335 e. The van der Waals surface area contributed by atoms with E-state index in [9.17, 15) is 4.79 Å². The maximum absolute atomic E-state index is 11.1. The van der Waals surface area contributed by atoms with E-state index in [4.69, 9.17) is 5.11 Å². The highest BCUT2D eigenvalue weighted by molar-refractivity contribution is 6.05. The van der Waals surface area contributed by atoms with Gasteiger partial charge in [-0.25, -0.2) is 4.79 Å². The summed E-state index contributed by atoms with van der Waals surface area (Å²) in [6.45, 7) is 0. The average molecular weight is 272 g/mol. The van der Waals surface area contributed by atoms with Gasteiger partial charge in [0.2, 0.25) is 0 Å². The Morgan fingerprint density at radius 3 is 1.67 bits per heavy atom. The zero-order valence-corrected chi connectivity index (χ0v) is 11.2. The van der Waals surface area contributed by atoms with Crippen molar-refractivity contribution in [1.29, 1.82) is 0 Å². The molecule has 0 atom stereocenters. The number of carbonyl (C=O) groups is 1. The van der Waals surface area contributed by atoms with Crippen molar-refractivity contribution in [1.82, 2.24) is 0 Å². The molecule has 1 N–H and O–H groups in total. The van der Waals surface area contributed by atoms with E-state index in [1.165, 1.54) is 16.2 Å². The van der Waals surface area contributed by atoms with Crippen LogP contribution in [0.1, 0.15) is 10.4 Å². The van der Waals surface area contributed by atoms with Crippen LogP contribution in [0.3, 0.4) is 0 Å². The fourth-order valence-electron chi connectivity index (χ4n) is 2.82. The van der Waals surface area contributed by atoms with Crippen molar-refractivity contribution in [2.24, 2.45) is 0 Å². The standard InChI is InChI=1S/C19H12O2/c20-19(21)15-6-5-14-9-17-7-12-3-1-2-4-13(12)8-18(17)11-16(14)10-15/h1-11H,(H,20,21). The minimum Gasteiger partial charge on any atom is -0.478 e. The highest BCUT2D eigenvalue weighted by Crippen LogP contribution is 2.27. The van der Waals surface area contributed by atoms with E-state index in [0.717, 1.165) is 16.2 Å². The van der Waals surface area contributed by atoms with E-state index in [1.807, 2.05) is 18.2 Å². The first-order chi connectivity index (χ1) is 10.2. The van der Waals surface area contributed by atoms with Gasteiger partial charge >= 0.3 is 5.97 Å². The van der Waals surface area contributed by atoms with Crippen LogP contribution in [0, 0.1) is 0 Å². The zero-order valence-electron chi connectivity index (χ0n) is 11.2. The molecule has 4 aromatic carbocycles. The van der Waals surface area contributed by atoms with Gasteiger partial charge in [0.25, 0.3) is 0 Å². The van der Waals surface area contributed by atoms with Gasteiger partial charge in [-0.15, -0.1) is 0 Å². The molecule has 0 bridgehead atoms. The lowest BCUT2D eigenvalue weighted by molar-refractivity contribution is 0.0697. The van der Waals surface area contributed by atoms with E-state index in [-0.39, 0.29) is 0 Å². The van der Waals surface area contributed by atoms with Crippen LogP contribution in [-0.2, 0) is 0 Å². The van der Waals surface area contributed by atoms with Crippen molar-refractivity contribution in [3.05, 3.63) is 72.3 Å². The van der Waals surface area contributed by atoms with E-state index in [1.54, 1.807) is 12.1 Å². The van der Waals surface area contributed by atoms with Crippen molar-refractivity contribution in [3.63, 3.8) is 0 Å². The molecule has 0 aliphatic heterocycles. The molecule has 0 unspecified atom stereocenters. The van der Waals surface area contributed by atoms with Gasteiger partial charge in [0, 0.05) is 0 Å². The molecule has 0 aliphatic rings. The topological polar surface area (TPSA) is 37.3 Å². The van der Waals surface area contributed by atoms with E-state index < -0.39 is 5.97 Å². The lowest BCUT2D eigenvalue weighted by Gasteiger charge is -2.06. The van der Waals surface area contributed by atoms with Crippen LogP contribution in [0.25, 0.3) is 32.3 Å². The third-order valence-electron chi connectivity index (χ3n) is 3.91. The smallest absolute Gasteiger partial charge is 0.335 e. The number of rotatable bonds is 1. The molecule has 0 spiro atoms. The van der Waals surface area contributed by atoms with E-state index in [0.29, 0.717) is 5.56 Å². The van der Waals surface area contributed by atoms with Gasteiger partial charge in [0.1, 0.15) is 0 Å². The van der Waals surface area contributed by atoms with Crippen molar-refractivity contribution in [3.8, 4) is 0 Å². The van der Waals surface area contributed by atoms with Gasteiger partial charge in [-0.1, -0.05) is 30.3 Å². The second kappa shape index (κ2) is 4.32. The second-order valence-electron chi connectivity index (χ2n) is 5.27. The predicted octanol–water partition coefficient (Wildman–Crippen LogP) is 4.84. The van der Waals surface area contributed by atoms with Gasteiger partial charge in [-0.05, 0) is 68.7 Å². The fraction of sp³-hybridized carbons (Fsp3) is 0. The molecule has 2 nitrogen and oxygen atoms in total. The summed E-state index contributed by atoms with van der Waals surface area (Å²) < 4.78 is 0. The summed E-state index contributed by atoms with van der Waals surface area (Å²) in [7, 11) is 0. The van der Waals surface area contributed by atoms with Crippen molar-refractivity contribution in [2.75, 3.05) is 0 Å². The van der Waals surface area contributed by atoms with Crippen LogP contribution in [0.5, 0.6) is 0 Å². The molecule has 0 heterocycles. The lowest BCUT2D eigenvalue weighted by atomic mass is 9.99. The molecule has 0 fully saturated rings. The first-order valence-corrected chi connectivity index (χ1v) is 6.80. The van der Waals surface area contributed by atoms with E-state index >= 15 is 0 Å². The molecule has 21 heavy (non-hydrogen) atoms. The Balaban J connectivity index is 2.07. The molecule has 0 saturated carbocycles. The number of hydrogen-bond donors (Lipinski definition) is 1. The number of aromatic carboxylic acids is 1. The van der Waals surface area contributed by atoms with Crippen LogP contribution in [-0.4, -0.2) is 11.1 Å². The Kier molecular flexibility index (Phi) is 2.45. The molecule has 2 heteroatoms. The van der Waals surface area contributed by atoms with Crippen LogP contribution >= 0.6 is 0 Å². The number of hydrogen-bond acceptors (Lipinski definition) is 1. The quantitative estimate of drug-likeness (QED) is 0.503. The van der Waals surface area contributed by atoms with Crippen LogP contribution in [0.4, 0.5) is 0 Å². The highest BCUT2D eigenvalue weighted by Gasteiger charge is 2.05. The number of fused-ring (bicyclic) bond motifs is 3. The molecule has 0 aromatic heterocycles. The monoisotopic (exact) mass is 272 g/mol. The second-order valence-corrected chi connectivity index (χ2v) is 5.27. The summed E-state index contributed by atoms with van der Waals surface area (Å²) in [5.41, 5.74) is 0.322. The molecule has 4 rings (SSSR count). The number of carboxylic acids is 1. The minimum absolute atomic E-state index is 0.322. The summed E-state index contributed by atoms with van der Waals surface area (Å²) >= 11 is 0. The number of benzene rings is 4. The van der Waals surface area contributed by atoms with Gasteiger partial charge < -0.3 is 5.11 Å². The predicted molar refractivity (Wildman–Crippen MR) is 85.9 cm³/mol. The van der Waals surface area contributed by atoms with Gasteiger partial charge in [0.15, 0.2) is 0 Å². The summed E-state index contributed by atoms with van der Waals surface area (Å²) in [6, 6.07) is 22.0. The molecular weight excluding hydrogens is 260 g/mol. The molecule has 0 saturated heterocycles. The Morgan fingerprint density at radius 2 is 1.10 bits per heavy atom. The molecule has 4 aromatic rings. The van der Waals surface area contributed by atoms with Crippen molar-refractivity contribution in [2.45, 2.75) is 0 Å². The summed E-state index contributed by atoms with van der Waals surface area (Å²) in [4.78, 5) is 11.1. The summed E-state index contributed by atoms with van der Waals surface area (Å²) in [6.07, 6.45) is 0. The molecule has 0 amide bonds. The Morgan fingerprint density at radius 1 is 0.619 bits per heavy atom. The molecular formula is C19H12O2. The SMILES string of the molecule is O=C(O)c1ccc2cc3cc4ccccc4cc3cc2c1. The van der Waals surface area contributed by atoms with Crippen molar-refractivity contribution >= 4 is 38.3 Å². The largest absolute Gasteiger partial charge is 0.478 e. The Labute approximate surface area is 121 Å². The average Bonchev–Trinajstić information content (AvgIpc) is 2.50. The third-order valence-corrected chi connectivity index (χ3v) is 3.91. The van der Waals surface area contributed by atoms with Crippen molar-refractivity contribution < 1.29 is 9.90 Å². The normalized spacial score (nSPS) is 11.2. The Bertz CT molecular complexity index is 1020. The minimum atomic E-state index is -0.893. The van der Waals surface area contributed by atoms with Crippen LogP contribution in [0.15, 0.2) is 66.7 Å². The van der Waals surface area contributed by atoms with Gasteiger partial charge in [-0.3, -0.25) is 0 Å². The summed E-state index contributed by atoms with van der Waals surface area (Å²) in [5.74, 6) is -0.893. The third kappa shape index (κ3) is 1.93. The van der Waals surface area contributed by atoms with Gasteiger partial charge in [0.05, 0.1) is 5.56 Å². The Hall–Kier alpha value is -2.87. The summed E-state index contributed by atoms with van der Waals surface area (Å²) in [5, 5.41) is 15.8. The number of carboxylic acid groups (broad SMARTS) is 1. The lowest BCUT2D eigenvalue weighted by Crippen LogP contribution is -1.95. The van der Waals surface area contributed by atoms with Crippen LogP contribution in [0.2, 0.25) is 0 Å². The molecule has 100 valence electrons. The zero-order chi connectivity index (χ0) is 14.4. The maximum atomic E-state index is 11.1. The van der Waals surface area contributed by atoms with Gasteiger partial charge in [-0.2, -0.15) is 0 Å². The first-order valence-electron chi connectivity index (χ1n) is 6.80. The molecule has 0 aliphatic carbocycles. The first kappa shape index (κ1) is 11.9. The fourth-order valence-corrected chi connectivity index (χ4v) is 2.82. The highest BCUT2D eigenvalue weighted by atomic mass is 16.4. The van der Waals surface area contributed by atoms with Crippen LogP contribution < -0.4 is 0 Å².